The zero-order chi connectivity index (χ0) is 18.9. The molecule has 0 saturated carbocycles. The van der Waals surface area contributed by atoms with E-state index in [1.807, 2.05) is 13.8 Å². The van der Waals surface area contributed by atoms with E-state index < -0.39 is 10.0 Å². The molecule has 148 valence electrons. The van der Waals surface area contributed by atoms with Crippen LogP contribution in [-0.4, -0.2) is 69.9 Å². The molecule has 0 aliphatic carbocycles. The van der Waals surface area contributed by atoms with Gasteiger partial charge < -0.3 is 15.0 Å². The Morgan fingerprint density at radius 3 is 2.50 bits per heavy atom. The van der Waals surface area contributed by atoms with Gasteiger partial charge in [0, 0.05) is 44.3 Å². The fourth-order valence-electron chi connectivity index (χ4n) is 2.86. The van der Waals surface area contributed by atoms with Gasteiger partial charge in [0.25, 0.3) is 5.91 Å². The zero-order valence-corrected chi connectivity index (χ0v) is 17.8. The number of nitrogens with zero attached hydrogens (tertiary/aromatic N) is 2. The number of sulfonamides is 1. The number of hydrogen-bond acceptors (Lipinski definition) is 5. The molecule has 1 aliphatic rings. The Hall–Kier alpha value is -1.06. The lowest BCUT2D eigenvalue weighted by Crippen LogP contribution is -2.57. The van der Waals surface area contributed by atoms with Crippen LogP contribution in [0.1, 0.15) is 24.2 Å². The fraction of sp³-hybridized carbons (Fsp3) is 0.562. The summed E-state index contributed by atoms with van der Waals surface area (Å²) in [6.07, 6.45) is 0. The van der Waals surface area contributed by atoms with Crippen LogP contribution >= 0.6 is 24.0 Å². The molecule has 2 unspecified atom stereocenters. The Bertz CT molecular complexity index is 771. The minimum atomic E-state index is -3.88. The first-order chi connectivity index (χ1) is 11.6. The van der Waals surface area contributed by atoms with Crippen LogP contribution in [0.5, 0.6) is 5.75 Å². The van der Waals surface area contributed by atoms with Gasteiger partial charge in [0.2, 0.25) is 10.0 Å². The molecule has 1 aliphatic heterocycles. The molecule has 1 saturated heterocycles. The Morgan fingerprint density at radius 2 is 1.96 bits per heavy atom. The van der Waals surface area contributed by atoms with Crippen LogP contribution in [0.25, 0.3) is 0 Å². The second kappa shape index (κ2) is 8.75. The summed E-state index contributed by atoms with van der Waals surface area (Å²) in [6, 6.07) is 2.53. The summed E-state index contributed by atoms with van der Waals surface area (Å²) in [4.78, 5) is 13.7. The highest BCUT2D eigenvalue weighted by atomic mass is 35.5. The lowest BCUT2D eigenvalue weighted by atomic mass is 10.1. The minimum Gasteiger partial charge on any atom is -0.494 e. The summed E-state index contributed by atoms with van der Waals surface area (Å²) in [6.45, 7) is 4.66. The number of amides is 1. The smallest absolute Gasteiger partial charge is 0.257 e. The van der Waals surface area contributed by atoms with Gasteiger partial charge in [-0.3, -0.25) is 4.79 Å². The molecule has 2 rings (SSSR count). The van der Waals surface area contributed by atoms with E-state index in [4.69, 9.17) is 16.3 Å². The van der Waals surface area contributed by atoms with Crippen molar-refractivity contribution in [3.8, 4) is 5.75 Å². The van der Waals surface area contributed by atoms with Crippen LogP contribution in [0.15, 0.2) is 17.0 Å². The van der Waals surface area contributed by atoms with Crippen molar-refractivity contribution in [3.05, 3.63) is 22.7 Å². The molecule has 0 bridgehead atoms. The second-order valence-electron chi connectivity index (χ2n) is 6.28. The number of piperazine rings is 1. The summed E-state index contributed by atoms with van der Waals surface area (Å²) in [5.41, 5.74) is 0.120. The molecular weight excluding hydrogens is 401 g/mol. The molecule has 26 heavy (non-hydrogen) atoms. The van der Waals surface area contributed by atoms with E-state index in [9.17, 15) is 13.2 Å². The van der Waals surface area contributed by atoms with Crippen molar-refractivity contribution < 1.29 is 17.9 Å². The molecule has 0 spiro atoms. The van der Waals surface area contributed by atoms with Gasteiger partial charge in [-0.2, -0.15) is 4.31 Å². The van der Waals surface area contributed by atoms with Crippen molar-refractivity contribution in [1.82, 2.24) is 14.5 Å². The minimum absolute atomic E-state index is 0. The van der Waals surface area contributed by atoms with E-state index in [0.717, 1.165) is 0 Å². The molecule has 0 aromatic heterocycles. The van der Waals surface area contributed by atoms with Crippen LogP contribution < -0.4 is 10.1 Å². The predicted octanol–water partition coefficient (Wildman–Crippen LogP) is 1.84. The Labute approximate surface area is 166 Å². The van der Waals surface area contributed by atoms with Gasteiger partial charge in [-0.25, -0.2) is 8.42 Å². The normalized spacial score (nSPS) is 21.0. The Kier molecular flexibility index (Phi) is 7.74. The van der Waals surface area contributed by atoms with Gasteiger partial charge in [0.1, 0.15) is 4.90 Å². The lowest BCUT2D eigenvalue weighted by Gasteiger charge is -2.37. The number of rotatable bonds is 4. The van der Waals surface area contributed by atoms with Gasteiger partial charge in [-0.05, 0) is 26.0 Å². The molecule has 1 N–H and O–H groups in total. The van der Waals surface area contributed by atoms with E-state index in [0.29, 0.717) is 13.1 Å². The number of methoxy groups -OCH3 is 1. The maximum atomic E-state index is 13.3. The third kappa shape index (κ3) is 4.26. The average Bonchev–Trinajstić information content (AvgIpc) is 2.55. The first-order valence-electron chi connectivity index (χ1n) is 7.95. The molecule has 0 radical (unpaired) electrons. The van der Waals surface area contributed by atoms with Crippen molar-refractivity contribution in [2.24, 2.45) is 0 Å². The summed E-state index contributed by atoms with van der Waals surface area (Å²) in [5.74, 6) is -0.362. The Balaban J connectivity index is 0.00000338. The van der Waals surface area contributed by atoms with E-state index in [-0.39, 0.29) is 51.6 Å². The third-order valence-electron chi connectivity index (χ3n) is 4.42. The largest absolute Gasteiger partial charge is 0.494 e. The van der Waals surface area contributed by atoms with Crippen molar-refractivity contribution in [2.75, 3.05) is 34.3 Å². The van der Waals surface area contributed by atoms with Crippen molar-refractivity contribution in [3.63, 3.8) is 0 Å². The zero-order valence-electron chi connectivity index (χ0n) is 15.4. The van der Waals surface area contributed by atoms with E-state index in [1.165, 1.54) is 28.4 Å². The van der Waals surface area contributed by atoms with Gasteiger partial charge in [0.15, 0.2) is 5.75 Å². The monoisotopic (exact) mass is 425 g/mol. The lowest BCUT2D eigenvalue weighted by molar-refractivity contribution is 0.0823. The van der Waals surface area contributed by atoms with Crippen LogP contribution in [0, 0.1) is 0 Å². The first-order valence-corrected chi connectivity index (χ1v) is 9.77. The summed E-state index contributed by atoms with van der Waals surface area (Å²) in [5, 5.41) is 3.41. The van der Waals surface area contributed by atoms with Gasteiger partial charge in [-0.1, -0.05) is 11.6 Å². The van der Waals surface area contributed by atoms with Crippen LogP contribution in [0.3, 0.4) is 0 Å². The molecule has 1 heterocycles. The van der Waals surface area contributed by atoms with E-state index in [1.54, 1.807) is 14.1 Å². The highest BCUT2D eigenvalue weighted by Gasteiger charge is 2.37. The summed E-state index contributed by atoms with van der Waals surface area (Å²) >= 11 is 6.12. The summed E-state index contributed by atoms with van der Waals surface area (Å²) < 4.78 is 33.2. The van der Waals surface area contributed by atoms with Gasteiger partial charge >= 0.3 is 0 Å². The molecular formula is C16H25Cl2N3O4S. The van der Waals surface area contributed by atoms with Gasteiger partial charge in [-0.15, -0.1) is 12.4 Å². The summed E-state index contributed by atoms with van der Waals surface area (Å²) in [7, 11) is 0.628. The highest BCUT2D eigenvalue weighted by Crippen LogP contribution is 2.35. The Morgan fingerprint density at radius 1 is 1.35 bits per heavy atom. The maximum Gasteiger partial charge on any atom is 0.257 e. The van der Waals surface area contributed by atoms with Crippen LogP contribution in [-0.2, 0) is 10.0 Å². The topological polar surface area (TPSA) is 79.0 Å². The van der Waals surface area contributed by atoms with Crippen LogP contribution in [0.4, 0.5) is 0 Å². The van der Waals surface area contributed by atoms with Crippen molar-refractivity contribution in [1.29, 1.82) is 0 Å². The number of halogens is 2. The van der Waals surface area contributed by atoms with Crippen molar-refractivity contribution >= 4 is 39.9 Å². The molecule has 2 atom stereocenters. The number of ether oxygens (including phenoxy) is 1. The molecule has 1 aromatic rings. The quantitative estimate of drug-likeness (QED) is 0.795. The molecule has 10 heteroatoms. The number of carbonyl (C=O) groups excluding carboxylic acids is 1. The van der Waals surface area contributed by atoms with Crippen molar-refractivity contribution in [2.45, 2.75) is 30.8 Å². The van der Waals surface area contributed by atoms with E-state index in [2.05, 4.69) is 5.32 Å². The molecule has 1 amide bonds. The number of benzene rings is 1. The average molecular weight is 426 g/mol. The maximum absolute atomic E-state index is 13.3. The standard InChI is InChI=1S/C16H24ClN3O4S.ClH/c1-10-11(2)20(7-6-18-10)25(22,23)14-9-12(17)8-13(15(14)24-5)16(21)19(3)4;/h8-11,18H,6-7H2,1-5H3;1H. The third-order valence-corrected chi connectivity index (χ3v) is 6.63. The predicted molar refractivity (Wildman–Crippen MR) is 104 cm³/mol. The van der Waals surface area contributed by atoms with Gasteiger partial charge in [0.05, 0.1) is 12.7 Å². The first kappa shape index (κ1) is 23.0. The van der Waals surface area contributed by atoms with E-state index >= 15 is 0 Å². The highest BCUT2D eigenvalue weighted by molar-refractivity contribution is 7.89. The SMILES string of the molecule is COc1c(C(=O)N(C)C)cc(Cl)cc1S(=O)(=O)N1CCNC(C)C1C.Cl. The molecule has 1 aromatic carbocycles. The fourth-order valence-corrected chi connectivity index (χ4v) is 5.05. The number of nitrogens with one attached hydrogen (secondary N) is 1. The second-order valence-corrected chi connectivity index (χ2v) is 8.58. The molecule has 7 nitrogen and oxygen atoms in total. The van der Waals surface area contributed by atoms with Crippen LogP contribution in [0.2, 0.25) is 5.02 Å². The molecule has 1 fully saturated rings. The number of hydrogen-bond donors (Lipinski definition) is 1. The number of carbonyl (C=O) groups is 1.